The van der Waals surface area contributed by atoms with Crippen molar-refractivity contribution in [3.8, 4) is 0 Å². The number of hydrogen-bond donors (Lipinski definition) is 1. The highest BCUT2D eigenvalue weighted by Crippen LogP contribution is 2.10. The topological polar surface area (TPSA) is 58.1 Å². The summed E-state index contributed by atoms with van der Waals surface area (Å²) in [5, 5.41) is 3.18. The molecule has 1 aromatic heterocycles. The van der Waals surface area contributed by atoms with Gasteiger partial charge in [0.2, 0.25) is 5.95 Å². The Bertz CT molecular complexity index is 863. The van der Waals surface area contributed by atoms with Crippen molar-refractivity contribution in [3.05, 3.63) is 89.2 Å². The van der Waals surface area contributed by atoms with Gasteiger partial charge in [0.05, 0.1) is 5.56 Å². The fourth-order valence-corrected chi connectivity index (χ4v) is 2.68. The molecule has 0 aliphatic carbocycles. The zero-order valence-electron chi connectivity index (χ0n) is 15.0. The first-order valence-electron chi connectivity index (χ1n) is 8.52. The normalized spacial score (nSPS) is 10.4. The van der Waals surface area contributed by atoms with Crippen LogP contribution in [-0.4, -0.2) is 27.8 Å². The van der Waals surface area contributed by atoms with Crippen molar-refractivity contribution in [1.29, 1.82) is 0 Å². The first-order valence-corrected chi connectivity index (χ1v) is 8.52. The van der Waals surface area contributed by atoms with Gasteiger partial charge >= 0.3 is 0 Å². The number of hydrogen-bond acceptors (Lipinski definition) is 4. The Labute approximate surface area is 153 Å². The lowest BCUT2D eigenvalue weighted by molar-refractivity contribution is 0.0784. The van der Waals surface area contributed by atoms with Gasteiger partial charge in [-0.2, -0.15) is 0 Å². The van der Waals surface area contributed by atoms with Gasteiger partial charge < -0.3 is 10.2 Å². The van der Waals surface area contributed by atoms with Crippen LogP contribution in [0, 0.1) is 6.92 Å². The van der Waals surface area contributed by atoms with Crippen LogP contribution in [0.1, 0.15) is 27.0 Å². The summed E-state index contributed by atoms with van der Waals surface area (Å²) in [5.41, 5.74) is 3.94. The lowest BCUT2D eigenvalue weighted by Crippen LogP contribution is -2.26. The van der Waals surface area contributed by atoms with Crippen molar-refractivity contribution in [2.24, 2.45) is 0 Å². The molecule has 5 nitrogen and oxygen atoms in total. The number of benzene rings is 2. The lowest BCUT2D eigenvalue weighted by atomic mass is 10.1. The smallest absolute Gasteiger partial charge is 0.257 e. The van der Waals surface area contributed by atoms with Crippen molar-refractivity contribution < 1.29 is 4.79 Å². The first-order chi connectivity index (χ1) is 12.6. The third-order valence-electron chi connectivity index (χ3n) is 4.04. The molecule has 132 valence electrons. The molecule has 0 saturated heterocycles. The van der Waals surface area contributed by atoms with Gasteiger partial charge in [0.15, 0.2) is 0 Å². The molecule has 0 aliphatic rings. The van der Waals surface area contributed by atoms with Crippen LogP contribution in [0.15, 0.2) is 67.0 Å². The molecule has 1 heterocycles. The van der Waals surface area contributed by atoms with Gasteiger partial charge in [0.25, 0.3) is 5.91 Å². The number of aryl methyl sites for hydroxylation is 1. The number of anilines is 1. The van der Waals surface area contributed by atoms with Crippen LogP contribution in [0.2, 0.25) is 0 Å². The minimum absolute atomic E-state index is 0.0981. The predicted octanol–water partition coefficient (Wildman–Crippen LogP) is 3.67. The Hall–Kier alpha value is -3.21. The minimum atomic E-state index is -0.0981. The first kappa shape index (κ1) is 17.6. The molecule has 1 N–H and O–H groups in total. The largest absolute Gasteiger partial charge is 0.350 e. The third kappa shape index (κ3) is 4.66. The average molecular weight is 346 g/mol. The summed E-state index contributed by atoms with van der Waals surface area (Å²) >= 11 is 0. The highest BCUT2D eigenvalue weighted by molar-refractivity contribution is 5.93. The van der Waals surface area contributed by atoms with Crippen molar-refractivity contribution in [3.63, 3.8) is 0 Å². The summed E-state index contributed by atoms with van der Waals surface area (Å²) in [4.78, 5) is 22.7. The molecule has 0 unspecified atom stereocenters. The Morgan fingerprint density at radius 3 is 2.38 bits per heavy atom. The zero-order valence-corrected chi connectivity index (χ0v) is 15.0. The van der Waals surface area contributed by atoms with E-state index in [0.29, 0.717) is 24.6 Å². The number of carbonyl (C=O) groups excluding carboxylic acids is 1. The van der Waals surface area contributed by atoms with Crippen LogP contribution in [-0.2, 0) is 13.1 Å². The van der Waals surface area contributed by atoms with Crippen LogP contribution in [0.4, 0.5) is 5.95 Å². The molecular weight excluding hydrogens is 324 g/mol. The van der Waals surface area contributed by atoms with Crippen LogP contribution in [0.5, 0.6) is 0 Å². The Kier molecular flexibility index (Phi) is 5.59. The van der Waals surface area contributed by atoms with Crippen LogP contribution in [0.25, 0.3) is 0 Å². The van der Waals surface area contributed by atoms with E-state index in [2.05, 4.69) is 40.4 Å². The molecule has 0 bridgehead atoms. The molecule has 3 rings (SSSR count). The molecule has 0 saturated carbocycles. The molecule has 0 aliphatic heterocycles. The van der Waals surface area contributed by atoms with Crippen LogP contribution in [0.3, 0.4) is 0 Å². The number of nitrogens with zero attached hydrogens (tertiary/aromatic N) is 3. The van der Waals surface area contributed by atoms with Crippen LogP contribution < -0.4 is 5.32 Å². The summed E-state index contributed by atoms with van der Waals surface area (Å²) in [6, 6.07) is 18.1. The highest BCUT2D eigenvalue weighted by Gasteiger charge is 2.13. The Morgan fingerprint density at radius 2 is 1.69 bits per heavy atom. The summed E-state index contributed by atoms with van der Waals surface area (Å²) in [5.74, 6) is 0.410. The molecule has 0 fully saturated rings. The number of carbonyl (C=O) groups is 1. The molecule has 0 radical (unpaired) electrons. The number of amides is 1. The molecular formula is C21H22N4O. The van der Waals surface area contributed by atoms with Crippen molar-refractivity contribution in [1.82, 2.24) is 14.9 Å². The van der Waals surface area contributed by atoms with Crippen LogP contribution >= 0.6 is 0 Å². The van der Waals surface area contributed by atoms with Crippen molar-refractivity contribution in [2.75, 3.05) is 12.4 Å². The van der Waals surface area contributed by atoms with Crippen molar-refractivity contribution >= 4 is 11.9 Å². The van der Waals surface area contributed by atoms with Gasteiger partial charge in [-0.1, -0.05) is 60.2 Å². The number of rotatable bonds is 6. The Morgan fingerprint density at radius 1 is 1.00 bits per heavy atom. The third-order valence-corrected chi connectivity index (χ3v) is 4.04. The van der Waals surface area contributed by atoms with E-state index in [9.17, 15) is 4.79 Å². The minimum Gasteiger partial charge on any atom is -0.350 e. The van der Waals surface area contributed by atoms with E-state index in [1.807, 2.05) is 36.4 Å². The molecule has 2 aromatic carbocycles. The predicted molar refractivity (Wildman–Crippen MR) is 103 cm³/mol. The van der Waals surface area contributed by atoms with E-state index in [0.717, 1.165) is 11.1 Å². The summed E-state index contributed by atoms with van der Waals surface area (Å²) < 4.78 is 0. The van der Waals surface area contributed by atoms with Crippen molar-refractivity contribution in [2.45, 2.75) is 20.0 Å². The van der Waals surface area contributed by atoms with Gasteiger partial charge in [0.1, 0.15) is 0 Å². The molecule has 26 heavy (non-hydrogen) atoms. The van der Waals surface area contributed by atoms with E-state index >= 15 is 0 Å². The van der Waals surface area contributed by atoms with E-state index in [4.69, 9.17) is 0 Å². The standard InChI is InChI=1S/C21H22N4O/c1-16-7-6-10-18(11-16)12-22-21-23-13-19(14-24-21)20(26)25(2)15-17-8-4-3-5-9-17/h3-11,13-14H,12,15H2,1-2H3,(H,22,23,24). The van der Waals surface area contributed by atoms with E-state index < -0.39 is 0 Å². The van der Waals surface area contributed by atoms with E-state index in [-0.39, 0.29) is 5.91 Å². The quantitative estimate of drug-likeness (QED) is 0.740. The fraction of sp³-hybridized carbons (Fsp3) is 0.190. The average Bonchev–Trinajstić information content (AvgIpc) is 2.67. The Balaban J connectivity index is 1.58. The maximum Gasteiger partial charge on any atom is 0.257 e. The maximum absolute atomic E-state index is 12.5. The molecule has 5 heteroatoms. The second-order valence-corrected chi connectivity index (χ2v) is 6.28. The molecule has 3 aromatic rings. The highest BCUT2D eigenvalue weighted by atomic mass is 16.2. The maximum atomic E-state index is 12.5. The molecule has 1 amide bonds. The second-order valence-electron chi connectivity index (χ2n) is 6.28. The SMILES string of the molecule is Cc1cccc(CNc2ncc(C(=O)N(C)Cc3ccccc3)cn2)c1. The van der Waals surface area contributed by atoms with E-state index in [1.165, 1.54) is 5.56 Å². The van der Waals surface area contributed by atoms with Gasteiger partial charge in [-0.3, -0.25) is 4.79 Å². The summed E-state index contributed by atoms with van der Waals surface area (Å²) in [6.45, 7) is 3.25. The van der Waals surface area contributed by atoms with Gasteiger partial charge in [-0.15, -0.1) is 0 Å². The van der Waals surface area contributed by atoms with Gasteiger partial charge in [0, 0.05) is 32.5 Å². The van der Waals surface area contributed by atoms with E-state index in [1.54, 1.807) is 24.3 Å². The zero-order chi connectivity index (χ0) is 18.4. The second kappa shape index (κ2) is 8.25. The molecule has 0 atom stereocenters. The summed E-state index contributed by atoms with van der Waals surface area (Å²) in [7, 11) is 1.78. The monoisotopic (exact) mass is 346 g/mol. The number of aromatic nitrogens is 2. The number of nitrogens with one attached hydrogen (secondary N) is 1. The van der Waals surface area contributed by atoms with Gasteiger partial charge in [-0.05, 0) is 18.1 Å². The lowest BCUT2D eigenvalue weighted by Gasteiger charge is -2.17. The van der Waals surface area contributed by atoms with Gasteiger partial charge in [-0.25, -0.2) is 9.97 Å². The fourth-order valence-electron chi connectivity index (χ4n) is 2.68. The molecule has 0 spiro atoms. The summed E-state index contributed by atoms with van der Waals surface area (Å²) in [6.07, 6.45) is 3.13.